The van der Waals surface area contributed by atoms with Crippen LogP contribution in [-0.4, -0.2) is 32.6 Å². The lowest BCUT2D eigenvalue weighted by Crippen LogP contribution is -2.30. The van der Waals surface area contributed by atoms with Crippen molar-refractivity contribution in [2.45, 2.75) is 44.0 Å². The predicted octanol–water partition coefficient (Wildman–Crippen LogP) is 1.38. The maximum absolute atomic E-state index is 11.5. The molecule has 0 heterocycles. The van der Waals surface area contributed by atoms with Gasteiger partial charge in [0.2, 0.25) is 0 Å². The van der Waals surface area contributed by atoms with Gasteiger partial charge in [-0.2, -0.15) is 0 Å². The Morgan fingerprint density at radius 1 is 1.23 bits per heavy atom. The first-order chi connectivity index (χ1) is 6.10. The second-order valence-corrected chi connectivity index (χ2v) is 6.16. The molecular formula is C9H18O3S. The van der Waals surface area contributed by atoms with Crippen molar-refractivity contribution in [1.29, 1.82) is 0 Å². The zero-order valence-electron chi connectivity index (χ0n) is 8.32. The summed E-state index contributed by atoms with van der Waals surface area (Å²) in [5.41, 5.74) is 0. The summed E-state index contributed by atoms with van der Waals surface area (Å²) in [4.78, 5) is 0. The van der Waals surface area contributed by atoms with Crippen LogP contribution in [-0.2, 0) is 14.6 Å². The van der Waals surface area contributed by atoms with Crippen LogP contribution in [0, 0.1) is 0 Å². The predicted molar refractivity (Wildman–Crippen MR) is 52.5 cm³/mol. The van der Waals surface area contributed by atoms with Gasteiger partial charge in [0.1, 0.15) is 0 Å². The highest BCUT2D eigenvalue weighted by atomic mass is 32.2. The van der Waals surface area contributed by atoms with E-state index in [1.807, 2.05) is 0 Å². The fourth-order valence-corrected chi connectivity index (χ4v) is 3.32. The highest BCUT2D eigenvalue weighted by Gasteiger charge is 2.29. The van der Waals surface area contributed by atoms with Crippen LogP contribution >= 0.6 is 0 Å². The molecule has 1 rings (SSSR count). The minimum atomic E-state index is -2.81. The van der Waals surface area contributed by atoms with Gasteiger partial charge in [-0.3, -0.25) is 0 Å². The van der Waals surface area contributed by atoms with Gasteiger partial charge in [0.05, 0.1) is 11.4 Å². The van der Waals surface area contributed by atoms with Crippen molar-refractivity contribution >= 4 is 9.84 Å². The molecule has 0 aromatic rings. The van der Waals surface area contributed by atoms with Gasteiger partial charge >= 0.3 is 0 Å². The number of hydrogen-bond donors (Lipinski definition) is 0. The van der Waals surface area contributed by atoms with E-state index >= 15 is 0 Å². The van der Waals surface area contributed by atoms with Crippen LogP contribution in [0.1, 0.15) is 32.6 Å². The summed E-state index contributed by atoms with van der Waals surface area (Å²) in [5, 5.41) is -0.108. The Bertz CT molecular complexity index is 238. The average molecular weight is 206 g/mol. The van der Waals surface area contributed by atoms with Crippen LogP contribution < -0.4 is 0 Å². The molecule has 0 N–H and O–H groups in total. The fraction of sp³-hybridized carbons (Fsp3) is 1.00. The average Bonchev–Trinajstić information content (AvgIpc) is 2.18. The van der Waals surface area contributed by atoms with Crippen LogP contribution in [0.4, 0.5) is 0 Å². The van der Waals surface area contributed by atoms with E-state index in [1.54, 1.807) is 14.0 Å². The first-order valence-corrected chi connectivity index (χ1v) is 6.56. The smallest absolute Gasteiger partial charge is 0.152 e. The Morgan fingerprint density at radius 3 is 2.15 bits per heavy atom. The third-order valence-corrected chi connectivity index (χ3v) is 5.16. The second-order valence-electron chi connectivity index (χ2n) is 3.59. The van der Waals surface area contributed by atoms with Crippen LogP contribution in [0.15, 0.2) is 0 Å². The van der Waals surface area contributed by atoms with Gasteiger partial charge in [0.15, 0.2) is 9.84 Å². The van der Waals surface area contributed by atoms with Crippen LogP contribution in [0.2, 0.25) is 0 Å². The van der Waals surface area contributed by atoms with Crippen molar-refractivity contribution in [1.82, 2.24) is 0 Å². The Hall–Kier alpha value is -0.0900. The molecule has 1 fully saturated rings. The van der Waals surface area contributed by atoms with E-state index in [4.69, 9.17) is 4.74 Å². The lowest BCUT2D eigenvalue weighted by Gasteiger charge is -2.26. The fourth-order valence-electron chi connectivity index (χ4n) is 1.86. The third kappa shape index (κ3) is 2.68. The zero-order chi connectivity index (χ0) is 9.90. The lowest BCUT2D eigenvalue weighted by molar-refractivity contribution is 0.0717. The van der Waals surface area contributed by atoms with E-state index in [1.165, 1.54) is 0 Å². The molecule has 78 valence electrons. The minimum Gasteiger partial charge on any atom is -0.381 e. The zero-order valence-corrected chi connectivity index (χ0v) is 9.14. The lowest BCUT2D eigenvalue weighted by atomic mass is 9.97. The van der Waals surface area contributed by atoms with Gasteiger partial charge in [-0.1, -0.05) is 6.92 Å². The summed E-state index contributed by atoms with van der Waals surface area (Å²) in [7, 11) is -1.11. The van der Waals surface area contributed by atoms with Gasteiger partial charge in [-0.25, -0.2) is 8.42 Å². The molecule has 0 unspecified atom stereocenters. The summed E-state index contributed by atoms with van der Waals surface area (Å²) in [6, 6.07) is 0. The first kappa shape index (κ1) is 11.0. The normalized spacial score (nSPS) is 30.3. The molecule has 0 aromatic heterocycles. The molecule has 0 amide bonds. The molecule has 0 radical (unpaired) electrons. The van der Waals surface area contributed by atoms with E-state index in [-0.39, 0.29) is 17.1 Å². The van der Waals surface area contributed by atoms with E-state index in [2.05, 4.69) is 0 Å². The monoisotopic (exact) mass is 206 g/mol. The summed E-state index contributed by atoms with van der Waals surface area (Å²) < 4.78 is 28.2. The number of ether oxygens (including phenoxy) is 1. The molecule has 0 atom stereocenters. The Balaban J connectivity index is 2.50. The molecule has 3 nitrogen and oxygen atoms in total. The molecule has 0 bridgehead atoms. The van der Waals surface area contributed by atoms with E-state index in [0.29, 0.717) is 0 Å². The summed E-state index contributed by atoms with van der Waals surface area (Å²) in [6.07, 6.45) is 3.60. The highest BCUT2D eigenvalue weighted by Crippen LogP contribution is 2.25. The Morgan fingerprint density at radius 2 is 1.77 bits per heavy atom. The van der Waals surface area contributed by atoms with Gasteiger partial charge in [-0.15, -0.1) is 0 Å². The summed E-state index contributed by atoms with van der Waals surface area (Å²) >= 11 is 0. The van der Waals surface area contributed by atoms with Crippen molar-refractivity contribution in [3.63, 3.8) is 0 Å². The topological polar surface area (TPSA) is 43.4 Å². The largest absolute Gasteiger partial charge is 0.381 e. The second kappa shape index (κ2) is 4.42. The molecular weight excluding hydrogens is 188 g/mol. The minimum absolute atomic E-state index is 0.108. The van der Waals surface area contributed by atoms with Gasteiger partial charge in [0.25, 0.3) is 0 Å². The number of sulfone groups is 1. The molecule has 0 aliphatic heterocycles. The summed E-state index contributed by atoms with van der Waals surface area (Å²) in [6.45, 7) is 1.72. The van der Waals surface area contributed by atoms with Gasteiger partial charge < -0.3 is 4.74 Å². The molecule has 1 aliphatic carbocycles. The Kier molecular flexibility index (Phi) is 3.74. The van der Waals surface area contributed by atoms with Crippen molar-refractivity contribution in [2.75, 3.05) is 12.9 Å². The van der Waals surface area contributed by atoms with E-state index in [0.717, 1.165) is 25.7 Å². The quantitative estimate of drug-likeness (QED) is 0.700. The molecule has 0 spiro atoms. The highest BCUT2D eigenvalue weighted by molar-refractivity contribution is 7.92. The maximum Gasteiger partial charge on any atom is 0.152 e. The van der Waals surface area contributed by atoms with Crippen molar-refractivity contribution < 1.29 is 13.2 Å². The maximum atomic E-state index is 11.5. The Labute approximate surface area is 80.4 Å². The van der Waals surface area contributed by atoms with Crippen LogP contribution in [0.5, 0.6) is 0 Å². The van der Waals surface area contributed by atoms with Crippen molar-refractivity contribution in [3.05, 3.63) is 0 Å². The molecule has 4 heteroatoms. The van der Waals surface area contributed by atoms with Gasteiger partial charge in [0, 0.05) is 12.9 Å². The van der Waals surface area contributed by atoms with Gasteiger partial charge in [-0.05, 0) is 25.7 Å². The molecule has 1 aliphatic rings. The molecule has 13 heavy (non-hydrogen) atoms. The number of methoxy groups -OCH3 is 1. The van der Waals surface area contributed by atoms with Crippen molar-refractivity contribution in [2.24, 2.45) is 0 Å². The molecule has 1 saturated carbocycles. The number of rotatable bonds is 3. The van der Waals surface area contributed by atoms with E-state index in [9.17, 15) is 8.42 Å². The number of hydrogen-bond acceptors (Lipinski definition) is 3. The first-order valence-electron chi connectivity index (χ1n) is 4.84. The van der Waals surface area contributed by atoms with E-state index < -0.39 is 9.84 Å². The SMILES string of the molecule is CCS(=O)(=O)C1CCC(OC)CC1. The molecule has 0 aromatic carbocycles. The standard InChI is InChI=1S/C9H18O3S/c1-3-13(10,11)9-6-4-8(12-2)5-7-9/h8-9H,3-7H2,1-2H3. The van der Waals surface area contributed by atoms with Crippen LogP contribution in [0.3, 0.4) is 0 Å². The van der Waals surface area contributed by atoms with Crippen LogP contribution in [0.25, 0.3) is 0 Å². The summed E-state index contributed by atoms with van der Waals surface area (Å²) in [5.74, 6) is 0.273. The van der Waals surface area contributed by atoms with Crippen molar-refractivity contribution in [3.8, 4) is 0 Å². The molecule has 0 saturated heterocycles. The third-order valence-electron chi connectivity index (χ3n) is 2.86.